The lowest BCUT2D eigenvalue weighted by molar-refractivity contribution is 0.670. The summed E-state index contributed by atoms with van der Waals surface area (Å²) in [6.45, 7) is 0. The Kier molecular flexibility index (Phi) is 3.70. The molecule has 0 spiro atoms. The zero-order valence-electron chi connectivity index (χ0n) is 17.8. The number of nitrogens with zero attached hydrogens (tertiary/aromatic N) is 1. The maximum absolute atomic E-state index is 6.98. The topological polar surface area (TPSA) is 44.1 Å². The van der Waals surface area contributed by atoms with Gasteiger partial charge < -0.3 is 14.7 Å². The summed E-state index contributed by atoms with van der Waals surface area (Å²) in [6, 6.07) is 37.6. The smallest absolute Gasteiger partial charge is 0.143 e. The Hall–Kier alpha value is -4.50. The van der Waals surface area contributed by atoms with E-state index >= 15 is 0 Å². The molecule has 0 unspecified atom stereocenters. The van der Waals surface area contributed by atoms with Crippen LogP contribution in [0.3, 0.4) is 0 Å². The molecule has 0 amide bonds. The molecule has 0 atom stereocenters. The lowest BCUT2D eigenvalue weighted by Crippen LogP contribution is -1.99. The number of furan rings is 1. The molecule has 0 aliphatic heterocycles. The van der Waals surface area contributed by atoms with Crippen LogP contribution in [0.5, 0.6) is 0 Å². The third-order valence-electron chi connectivity index (χ3n) is 6.58. The van der Waals surface area contributed by atoms with Crippen LogP contribution in [-0.4, -0.2) is 4.57 Å². The molecule has 0 radical (unpaired) electrons. The van der Waals surface area contributed by atoms with Gasteiger partial charge in [-0.05, 0) is 24.3 Å². The van der Waals surface area contributed by atoms with Gasteiger partial charge in [-0.2, -0.15) is 0 Å². The fourth-order valence-corrected chi connectivity index (χ4v) is 5.12. The van der Waals surface area contributed by atoms with Gasteiger partial charge >= 0.3 is 0 Å². The summed E-state index contributed by atoms with van der Waals surface area (Å²) in [5, 5.41) is 4.56. The molecule has 2 N–H and O–H groups in total. The van der Waals surface area contributed by atoms with E-state index in [0.717, 1.165) is 60.9 Å². The van der Waals surface area contributed by atoms with E-state index in [4.69, 9.17) is 10.2 Å². The predicted molar refractivity (Wildman–Crippen MR) is 138 cm³/mol. The van der Waals surface area contributed by atoms with Gasteiger partial charge in [0, 0.05) is 38.4 Å². The van der Waals surface area contributed by atoms with Crippen LogP contribution in [0.15, 0.2) is 114 Å². The number of hydrogen-bond donors (Lipinski definition) is 1. The molecule has 5 aromatic carbocycles. The van der Waals surface area contributed by atoms with Crippen molar-refractivity contribution in [2.24, 2.45) is 0 Å². The van der Waals surface area contributed by atoms with Gasteiger partial charge in [0.15, 0.2) is 0 Å². The summed E-state index contributed by atoms with van der Waals surface area (Å²) in [5.74, 6) is 0. The van der Waals surface area contributed by atoms with Crippen molar-refractivity contribution in [1.29, 1.82) is 0 Å². The van der Waals surface area contributed by atoms with Crippen molar-refractivity contribution in [3.05, 3.63) is 109 Å². The molecule has 3 nitrogen and oxygen atoms in total. The highest BCUT2D eigenvalue weighted by atomic mass is 16.3. The van der Waals surface area contributed by atoms with Crippen LogP contribution in [0, 0.1) is 0 Å². The molecule has 0 saturated heterocycles. The van der Waals surface area contributed by atoms with Crippen molar-refractivity contribution >= 4 is 49.4 Å². The lowest BCUT2D eigenvalue weighted by Gasteiger charge is -2.12. The zero-order valence-corrected chi connectivity index (χ0v) is 17.8. The quantitative estimate of drug-likeness (QED) is 0.286. The van der Waals surface area contributed by atoms with E-state index in [1.807, 2.05) is 24.3 Å². The van der Waals surface area contributed by atoms with Crippen molar-refractivity contribution in [3.8, 4) is 16.8 Å². The first-order valence-corrected chi connectivity index (χ1v) is 11.1. The average molecular weight is 425 g/mol. The van der Waals surface area contributed by atoms with Gasteiger partial charge in [0.05, 0.1) is 16.7 Å². The standard InChI is InChI=1S/C30H20N2O/c31-28-22(25-14-8-13-24-21-12-5-7-16-27(21)33-30(24)25)17-18-23-20-11-4-6-15-26(20)32(29(23)28)19-9-2-1-3-10-19/h1-18H,31H2. The molecular weight excluding hydrogens is 404 g/mol. The summed E-state index contributed by atoms with van der Waals surface area (Å²) in [7, 11) is 0. The number of aromatic nitrogens is 1. The summed E-state index contributed by atoms with van der Waals surface area (Å²) < 4.78 is 8.58. The molecule has 156 valence electrons. The highest BCUT2D eigenvalue weighted by molar-refractivity contribution is 6.17. The average Bonchev–Trinajstić information content (AvgIpc) is 3.41. The molecular formula is C30H20N2O. The number of nitrogen functional groups attached to an aromatic ring is 1. The Balaban J connectivity index is 1.60. The highest BCUT2D eigenvalue weighted by Crippen LogP contribution is 2.43. The molecule has 3 heteroatoms. The molecule has 0 aliphatic carbocycles. The molecule has 7 aromatic rings. The van der Waals surface area contributed by atoms with Crippen molar-refractivity contribution in [3.63, 3.8) is 0 Å². The summed E-state index contributed by atoms with van der Waals surface area (Å²) in [4.78, 5) is 0. The maximum atomic E-state index is 6.98. The van der Waals surface area contributed by atoms with Gasteiger partial charge in [0.1, 0.15) is 11.2 Å². The van der Waals surface area contributed by atoms with Crippen LogP contribution >= 0.6 is 0 Å². The Morgan fingerprint density at radius 3 is 2.15 bits per heavy atom. The van der Waals surface area contributed by atoms with Crippen LogP contribution in [0.2, 0.25) is 0 Å². The Morgan fingerprint density at radius 1 is 0.545 bits per heavy atom. The summed E-state index contributed by atoms with van der Waals surface area (Å²) >= 11 is 0. The van der Waals surface area contributed by atoms with Gasteiger partial charge in [-0.3, -0.25) is 0 Å². The van der Waals surface area contributed by atoms with Gasteiger partial charge in [-0.1, -0.05) is 84.9 Å². The second kappa shape index (κ2) is 6.75. The first-order valence-electron chi connectivity index (χ1n) is 11.1. The van der Waals surface area contributed by atoms with Crippen molar-refractivity contribution < 1.29 is 4.42 Å². The highest BCUT2D eigenvalue weighted by Gasteiger charge is 2.19. The Morgan fingerprint density at radius 2 is 1.27 bits per heavy atom. The van der Waals surface area contributed by atoms with Crippen LogP contribution in [0.1, 0.15) is 0 Å². The van der Waals surface area contributed by atoms with Gasteiger partial charge in [0.2, 0.25) is 0 Å². The molecule has 33 heavy (non-hydrogen) atoms. The van der Waals surface area contributed by atoms with E-state index in [0.29, 0.717) is 0 Å². The monoisotopic (exact) mass is 424 g/mol. The lowest BCUT2D eigenvalue weighted by atomic mass is 9.99. The van der Waals surface area contributed by atoms with Gasteiger partial charge in [-0.25, -0.2) is 0 Å². The first-order chi connectivity index (χ1) is 16.3. The third kappa shape index (κ3) is 2.50. The Bertz CT molecular complexity index is 1820. The second-order valence-corrected chi connectivity index (χ2v) is 8.39. The molecule has 7 rings (SSSR count). The largest absolute Gasteiger partial charge is 0.455 e. The number of fused-ring (bicyclic) bond motifs is 6. The first kappa shape index (κ1) is 18.1. The molecule has 0 aliphatic rings. The van der Waals surface area contributed by atoms with E-state index < -0.39 is 0 Å². The van der Waals surface area contributed by atoms with Crippen LogP contribution < -0.4 is 5.73 Å². The maximum Gasteiger partial charge on any atom is 0.143 e. The third-order valence-corrected chi connectivity index (χ3v) is 6.58. The molecule has 2 heterocycles. The molecule has 0 fully saturated rings. The van der Waals surface area contributed by atoms with Crippen LogP contribution in [-0.2, 0) is 0 Å². The van der Waals surface area contributed by atoms with Crippen molar-refractivity contribution in [2.75, 3.05) is 5.73 Å². The SMILES string of the molecule is Nc1c(-c2cccc3c2oc2ccccc23)ccc2c3ccccc3n(-c3ccccc3)c12. The Labute approximate surface area is 190 Å². The number of nitrogens with two attached hydrogens (primary N) is 1. The zero-order chi connectivity index (χ0) is 21.9. The van der Waals surface area contributed by atoms with Crippen molar-refractivity contribution in [1.82, 2.24) is 4.57 Å². The number of benzene rings is 5. The van der Waals surface area contributed by atoms with E-state index in [1.165, 1.54) is 5.39 Å². The molecule has 2 aromatic heterocycles. The van der Waals surface area contributed by atoms with E-state index in [2.05, 4.69) is 89.5 Å². The normalized spacial score (nSPS) is 11.8. The fraction of sp³-hybridized carbons (Fsp3) is 0. The van der Waals surface area contributed by atoms with Crippen molar-refractivity contribution in [2.45, 2.75) is 0 Å². The minimum atomic E-state index is 0.750. The van der Waals surface area contributed by atoms with Gasteiger partial charge in [-0.15, -0.1) is 0 Å². The number of anilines is 1. The predicted octanol–water partition coefficient (Wildman–Crippen LogP) is 7.93. The number of hydrogen-bond acceptors (Lipinski definition) is 2. The second-order valence-electron chi connectivity index (χ2n) is 8.39. The van der Waals surface area contributed by atoms with E-state index in [9.17, 15) is 0 Å². The number of para-hydroxylation sites is 4. The fourth-order valence-electron chi connectivity index (χ4n) is 5.12. The van der Waals surface area contributed by atoms with Crippen LogP contribution in [0.25, 0.3) is 60.6 Å². The minimum Gasteiger partial charge on any atom is -0.455 e. The summed E-state index contributed by atoms with van der Waals surface area (Å²) in [6.07, 6.45) is 0. The minimum absolute atomic E-state index is 0.750. The summed E-state index contributed by atoms with van der Waals surface area (Å²) in [5.41, 5.74) is 14.7. The molecule has 0 saturated carbocycles. The number of rotatable bonds is 2. The van der Waals surface area contributed by atoms with Crippen LogP contribution in [0.4, 0.5) is 5.69 Å². The van der Waals surface area contributed by atoms with Gasteiger partial charge in [0.25, 0.3) is 0 Å². The molecule has 0 bridgehead atoms. The van der Waals surface area contributed by atoms with E-state index in [-0.39, 0.29) is 0 Å². The van der Waals surface area contributed by atoms with E-state index in [1.54, 1.807) is 0 Å².